The van der Waals surface area contributed by atoms with Crippen molar-refractivity contribution in [1.82, 2.24) is 4.90 Å². The summed E-state index contributed by atoms with van der Waals surface area (Å²) in [6.45, 7) is 0.670. The third-order valence-electron chi connectivity index (χ3n) is 3.00. The van der Waals surface area contributed by atoms with Gasteiger partial charge in [0, 0.05) is 11.0 Å². The number of halogens is 2. The molecule has 1 aromatic rings. The summed E-state index contributed by atoms with van der Waals surface area (Å²) < 4.78 is 0.821. The second kappa shape index (κ2) is 5.55. The first-order valence-corrected chi connectivity index (χ1v) is 7.14. The predicted octanol–water partition coefficient (Wildman–Crippen LogP) is 2.99. The average molecular weight is 348 g/mol. The minimum atomic E-state index is -0.150. The molecule has 0 bridgehead atoms. The molecule has 3 nitrogen and oxygen atoms in total. The lowest BCUT2D eigenvalue weighted by Crippen LogP contribution is -2.42. The van der Waals surface area contributed by atoms with E-state index in [1.54, 1.807) is 23.1 Å². The van der Waals surface area contributed by atoms with Gasteiger partial charge in [0.2, 0.25) is 0 Å². The van der Waals surface area contributed by atoms with Crippen LogP contribution in [0.1, 0.15) is 23.2 Å². The topological polar surface area (TPSA) is 46.3 Å². The van der Waals surface area contributed by atoms with Crippen LogP contribution in [0.3, 0.4) is 0 Å². The van der Waals surface area contributed by atoms with E-state index in [-0.39, 0.29) is 11.9 Å². The number of amides is 1. The van der Waals surface area contributed by atoms with Crippen molar-refractivity contribution in [3.63, 3.8) is 0 Å². The highest BCUT2D eigenvalue weighted by Gasteiger charge is 2.32. The zero-order valence-corrected chi connectivity index (χ0v) is 12.7. The molecule has 1 heterocycles. The van der Waals surface area contributed by atoms with Crippen LogP contribution >= 0.6 is 39.7 Å². The van der Waals surface area contributed by atoms with Crippen molar-refractivity contribution in [2.75, 3.05) is 6.54 Å². The first kappa shape index (κ1) is 13.8. The van der Waals surface area contributed by atoms with E-state index in [9.17, 15) is 4.79 Å². The molecule has 0 aromatic heterocycles. The van der Waals surface area contributed by atoms with E-state index in [0.29, 0.717) is 22.1 Å². The molecule has 2 rings (SSSR count). The SMILES string of the molecule is NC(=S)C1CCCN1C(=O)c1cc(Br)ccc1Cl. The molecule has 18 heavy (non-hydrogen) atoms. The Labute approximate surface area is 124 Å². The molecule has 1 amide bonds. The zero-order valence-electron chi connectivity index (χ0n) is 9.53. The van der Waals surface area contributed by atoms with Crippen LogP contribution in [0.4, 0.5) is 0 Å². The van der Waals surface area contributed by atoms with E-state index in [4.69, 9.17) is 29.6 Å². The molecule has 0 spiro atoms. The molecule has 1 unspecified atom stereocenters. The fourth-order valence-electron chi connectivity index (χ4n) is 2.12. The molecule has 6 heteroatoms. The summed E-state index contributed by atoms with van der Waals surface area (Å²) in [5, 5.41) is 0.441. The van der Waals surface area contributed by atoms with E-state index in [2.05, 4.69) is 15.9 Å². The maximum absolute atomic E-state index is 12.4. The van der Waals surface area contributed by atoms with Gasteiger partial charge in [0.05, 0.1) is 21.6 Å². The first-order chi connectivity index (χ1) is 8.50. The number of benzene rings is 1. The fraction of sp³-hybridized carbons (Fsp3) is 0.333. The number of hydrogen-bond acceptors (Lipinski definition) is 2. The summed E-state index contributed by atoms with van der Waals surface area (Å²) >= 11 is 14.4. The number of likely N-dealkylation sites (tertiary alicyclic amines) is 1. The van der Waals surface area contributed by atoms with Crippen LogP contribution in [-0.2, 0) is 0 Å². The Morgan fingerprint density at radius 2 is 2.28 bits per heavy atom. The predicted molar refractivity (Wildman–Crippen MR) is 80.0 cm³/mol. The summed E-state index contributed by atoms with van der Waals surface area (Å²) in [6.07, 6.45) is 1.74. The zero-order chi connectivity index (χ0) is 13.3. The van der Waals surface area contributed by atoms with Crippen molar-refractivity contribution in [2.45, 2.75) is 18.9 Å². The Morgan fingerprint density at radius 3 is 2.94 bits per heavy atom. The number of hydrogen-bond donors (Lipinski definition) is 1. The quantitative estimate of drug-likeness (QED) is 0.837. The lowest BCUT2D eigenvalue weighted by atomic mass is 10.1. The van der Waals surface area contributed by atoms with Gasteiger partial charge >= 0.3 is 0 Å². The van der Waals surface area contributed by atoms with Crippen LogP contribution in [0, 0.1) is 0 Å². The largest absolute Gasteiger partial charge is 0.392 e. The Hall–Kier alpha value is -0.650. The summed E-state index contributed by atoms with van der Waals surface area (Å²) in [5.41, 5.74) is 6.15. The van der Waals surface area contributed by atoms with E-state index in [1.165, 1.54) is 0 Å². The van der Waals surface area contributed by atoms with Gasteiger partial charge in [-0.05, 0) is 31.0 Å². The van der Waals surface area contributed by atoms with E-state index in [1.807, 2.05) is 0 Å². The van der Waals surface area contributed by atoms with Crippen molar-refractivity contribution in [3.8, 4) is 0 Å². The maximum atomic E-state index is 12.4. The average Bonchev–Trinajstić information content (AvgIpc) is 2.80. The highest BCUT2D eigenvalue weighted by molar-refractivity contribution is 9.10. The van der Waals surface area contributed by atoms with Crippen molar-refractivity contribution in [1.29, 1.82) is 0 Å². The Kier molecular flexibility index (Phi) is 4.25. The number of carbonyl (C=O) groups excluding carboxylic acids is 1. The Bertz CT molecular complexity index is 509. The van der Waals surface area contributed by atoms with Crippen molar-refractivity contribution < 1.29 is 4.79 Å². The van der Waals surface area contributed by atoms with Gasteiger partial charge in [-0.15, -0.1) is 0 Å². The molecule has 1 atom stereocenters. The normalized spacial score (nSPS) is 19.0. The van der Waals surface area contributed by atoms with E-state index in [0.717, 1.165) is 17.3 Å². The second-order valence-electron chi connectivity index (χ2n) is 4.18. The molecule has 0 saturated carbocycles. The van der Waals surface area contributed by atoms with Crippen molar-refractivity contribution in [3.05, 3.63) is 33.3 Å². The smallest absolute Gasteiger partial charge is 0.256 e. The summed E-state index contributed by atoms with van der Waals surface area (Å²) in [6, 6.07) is 5.07. The van der Waals surface area contributed by atoms with Gasteiger partial charge in [-0.25, -0.2) is 0 Å². The van der Waals surface area contributed by atoms with Gasteiger partial charge in [0.15, 0.2) is 0 Å². The minimum absolute atomic E-state index is 0.114. The molecule has 0 aliphatic carbocycles. The molecule has 1 fully saturated rings. The van der Waals surface area contributed by atoms with Gasteiger partial charge in [-0.3, -0.25) is 4.79 Å². The van der Waals surface area contributed by atoms with Crippen LogP contribution < -0.4 is 5.73 Å². The molecule has 1 aliphatic heterocycles. The minimum Gasteiger partial charge on any atom is -0.392 e. The number of nitrogens with zero attached hydrogens (tertiary/aromatic N) is 1. The lowest BCUT2D eigenvalue weighted by molar-refractivity contribution is 0.0770. The van der Waals surface area contributed by atoms with Gasteiger partial charge in [0.1, 0.15) is 0 Å². The van der Waals surface area contributed by atoms with Crippen LogP contribution in [0.15, 0.2) is 22.7 Å². The van der Waals surface area contributed by atoms with Crippen molar-refractivity contribution >= 4 is 50.6 Å². The molecule has 1 aromatic carbocycles. The van der Waals surface area contributed by atoms with Gasteiger partial charge in [-0.2, -0.15) is 0 Å². The lowest BCUT2D eigenvalue weighted by Gasteiger charge is -2.24. The van der Waals surface area contributed by atoms with Gasteiger partial charge in [-0.1, -0.05) is 39.7 Å². The van der Waals surface area contributed by atoms with Gasteiger partial charge in [0.25, 0.3) is 5.91 Å². The highest BCUT2D eigenvalue weighted by Crippen LogP contribution is 2.26. The fourth-order valence-corrected chi connectivity index (χ4v) is 2.93. The van der Waals surface area contributed by atoms with Crippen molar-refractivity contribution in [2.24, 2.45) is 5.73 Å². The van der Waals surface area contributed by atoms with E-state index >= 15 is 0 Å². The maximum Gasteiger partial charge on any atom is 0.256 e. The monoisotopic (exact) mass is 346 g/mol. The number of nitrogens with two attached hydrogens (primary N) is 1. The highest BCUT2D eigenvalue weighted by atomic mass is 79.9. The molecular formula is C12H12BrClN2OS. The number of carbonyl (C=O) groups is 1. The molecule has 1 saturated heterocycles. The summed E-state index contributed by atoms with van der Waals surface area (Å²) in [7, 11) is 0. The molecule has 0 radical (unpaired) electrons. The summed E-state index contributed by atoms with van der Waals surface area (Å²) in [5.74, 6) is -0.114. The first-order valence-electron chi connectivity index (χ1n) is 5.56. The standard InChI is InChI=1S/C12H12BrClN2OS/c13-7-3-4-9(14)8(6-7)12(17)16-5-1-2-10(16)11(15)18/h3-4,6,10H,1-2,5H2,(H2,15,18). The second-order valence-corrected chi connectivity index (χ2v) is 5.98. The van der Waals surface area contributed by atoms with Crippen LogP contribution in [-0.4, -0.2) is 28.4 Å². The summed E-state index contributed by atoms with van der Waals surface area (Å²) in [4.78, 5) is 14.5. The molecule has 1 aliphatic rings. The van der Waals surface area contributed by atoms with Crippen LogP contribution in [0.25, 0.3) is 0 Å². The Morgan fingerprint density at radius 1 is 1.56 bits per heavy atom. The van der Waals surface area contributed by atoms with Gasteiger partial charge < -0.3 is 10.6 Å². The molecule has 96 valence electrons. The third-order valence-corrected chi connectivity index (χ3v) is 4.10. The molecular weight excluding hydrogens is 336 g/mol. The number of rotatable bonds is 2. The third kappa shape index (κ3) is 2.68. The van der Waals surface area contributed by atoms with Crippen LogP contribution in [0.5, 0.6) is 0 Å². The Balaban J connectivity index is 2.31. The molecule has 2 N–H and O–H groups in total. The van der Waals surface area contributed by atoms with Crippen LogP contribution in [0.2, 0.25) is 5.02 Å². The number of thiocarbonyl (C=S) groups is 1. The van der Waals surface area contributed by atoms with E-state index < -0.39 is 0 Å².